The van der Waals surface area contributed by atoms with Crippen molar-refractivity contribution in [2.45, 2.75) is 71.7 Å². The molecule has 10 nitrogen and oxygen atoms in total. The van der Waals surface area contributed by atoms with Crippen LogP contribution in [0.1, 0.15) is 52.5 Å². The third-order valence-corrected chi connectivity index (χ3v) is 6.07. The molecule has 1 aliphatic rings. The monoisotopic (exact) mass is 504 g/mol. The number of nitrogens with one attached hydrogen (secondary N) is 4. The molecule has 0 radical (unpaired) electrons. The van der Waals surface area contributed by atoms with Crippen LogP contribution in [0.4, 0.5) is 4.79 Å². The Hall–Kier alpha value is -3.14. The van der Waals surface area contributed by atoms with E-state index in [1.807, 2.05) is 44.2 Å². The van der Waals surface area contributed by atoms with Gasteiger partial charge in [-0.25, -0.2) is 4.79 Å². The molecule has 10 heteroatoms. The van der Waals surface area contributed by atoms with Crippen molar-refractivity contribution >= 4 is 23.8 Å². The molecule has 1 aromatic carbocycles. The normalized spacial score (nSPS) is 17.8. The number of carbonyl (C=O) groups excluding carboxylic acids is 4. The highest BCUT2D eigenvalue weighted by molar-refractivity contribution is 5.91. The van der Waals surface area contributed by atoms with Gasteiger partial charge in [-0.3, -0.25) is 14.4 Å². The van der Waals surface area contributed by atoms with E-state index in [9.17, 15) is 24.3 Å². The second-order valence-corrected chi connectivity index (χ2v) is 10.0. The molecular weight excluding hydrogens is 464 g/mol. The molecule has 0 saturated carbocycles. The molecule has 0 unspecified atom stereocenters. The fourth-order valence-corrected chi connectivity index (χ4v) is 4.09. The van der Waals surface area contributed by atoms with E-state index in [1.165, 1.54) is 0 Å². The Morgan fingerprint density at radius 2 is 1.75 bits per heavy atom. The lowest BCUT2D eigenvalue weighted by Gasteiger charge is -2.27. The van der Waals surface area contributed by atoms with Gasteiger partial charge in [-0.2, -0.15) is 0 Å². The van der Waals surface area contributed by atoms with Crippen molar-refractivity contribution in [3.8, 4) is 0 Å². The van der Waals surface area contributed by atoms with E-state index in [-0.39, 0.29) is 36.9 Å². The summed E-state index contributed by atoms with van der Waals surface area (Å²) in [7, 11) is 0. The van der Waals surface area contributed by atoms with Crippen LogP contribution in [0.15, 0.2) is 30.3 Å². The van der Waals surface area contributed by atoms with Crippen molar-refractivity contribution in [2.24, 2.45) is 17.8 Å². The molecule has 0 aliphatic carbocycles. The Kier molecular flexibility index (Phi) is 11.7. The molecule has 5 N–H and O–H groups in total. The molecule has 0 aromatic heterocycles. The minimum Gasteiger partial charge on any atom is -0.445 e. The Morgan fingerprint density at radius 1 is 1.06 bits per heavy atom. The van der Waals surface area contributed by atoms with Crippen molar-refractivity contribution in [1.82, 2.24) is 21.3 Å². The maximum atomic E-state index is 13.1. The molecule has 1 fully saturated rings. The quantitative estimate of drug-likeness (QED) is 0.275. The summed E-state index contributed by atoms with van der Waals surface area (Å²) >= 11 is 0. The first-order valence-corrected chi connectivity index (χ1v) is 12.6. The number of hydrogen-bond acceptors (Lipinski definition) is 6. The largest absolute Gasteiger partial charge is 0.445 e. The molecular formula is C26H40N4O6. The van der Waals surface area contributed by atoms with Crippen molar-refractivity contribution in [2.75, 3.05) is 13.2 Å². The highest BCUT2D eigenvalue weighted by atomic mass is 16.5. The van der Waals surface area contributed by atoms with E-state index in [4.69, 9.17) is 4.74 Å². The van der Waals surface area contributed by atoms with E-state index in [0.717, 1.165) is 5.56 Å². The fraction of sp³-hybridized carbons (Fsp3) is 0.615. The van der Waals surface area contributed by atoms with Gasteiger partial charge < -0.3 is 31.1 Å². The summed E-state index contributed by atoms with van der Waals surface area (Å²) in [6, 6.07) is 6.81. The van der Waals surface area contributed by atoms with Gasteiger partial charge in [0.2, 0.25) is 17.7 Å². The van der Waals surface area contributed by atoms with Gasteiger partial charge in [0.25, 0.3) is 0 Å². The zero-order valence-electron chi connectivity index (χ0n) is 21.6. The average molecular weight is 505 g/mol. The van der Waals surface area contributed by atoms with Gasteiger partial charge in [-0.15, -0.1) is 0 Å². The second-order valence-electron chi connectivity index (χ2n) is 10.0. The number of amides is 4. The first-order valence-electron chi connectivity index (χ1n) is 12.6. The SMILES string of the molecule is CC(C)C[C@H](NC(=O)[C@@H](NC(=O)OCc1ccccc1)C(C)C)C(=O)N[C@@H](CO)C[C@@H]1CCNC1=O. The van der Waals surface area contributed by atoms with Crippen LogP contribution in [-0.4, -0.2) is 60.2 Å². The van der Waals surface area contributed by atoms with Crippen LogP contribution >= 0.6 is 0 Å². The van der Waals surface area contributed by atoms with Gasteiger partial charge in [-0.05, 0) is 36.7 Å². The Morgan fingerprint density at radius 3 is 2.31 bits per heavy atom. The maximum absolute atomic E-state index is 13.1. The van der Waals surface area contributed by atoms with E-state index in [1.54, 1.807) is 13.8 Å². The minimum atomic E-state index is -0.911. The summed E-state index contributed by atoms with van der Waals surface area (Å²) in [4.78, 5) is 50.4. The molecule has 1 aliphatic heterocycles. The lowest BCUT2D eigenvalue weighted by molar-refractivity contribution is -0.131. The lowest BCUT2D eigenvalue weighted by Crippen LogP contribution is -2.57. The molecule has 200 valence electrons. The van der Waals surface area contributed by atoms with Crippen molar-refractivity contribution in [3.63, 3.8) is 0 Å². The summed E-state index contributed by atoms with van der Waals surface area (Å²) in [5, 5.41) is 20.6. The number of alkyl carbamates (subject to hydrolysis) is 1. The summed E-state index contributed by atoms with van der Waals surface area (Å²) in [6.45, 7) is 7.76. The fourth-order valence-electron chi connectivity index (χ4n) is 4.09. The summed E-state index contributed by atoms with van der Waals surface area (Å²) in [5.74, 6) is -1.46. The Bertz CT molecular complexity index is 876. The average Bonchev–Trinajstić information content (AvgIpc) is 3.24. The highest BCUT2D eigenvalue weighted by Gasteiger charge is 2.32. The number of benzene rings is 1. The minimum absolute atomic E-state index is 0.0685. The third kappa shape index (κ3) is 9.49. The van der Waals surface area contributed by atoms with E-state index in [0.29, 0.717) is 25.8 Å². The van der Waals surface area contributed by atoms with Gasteiger partial charge in [0, 0.05) is 12.5 Å². The molecule has 1 heterocycles. The number of hydrogen-bond donors (Lipinski definition) is 5. The summed E-state index contributed by atoms with van der Waals surface area (Å²) < 4.78 is 5.25. The van der Waals surface area contributed by atoms with Gasteiger partial charge in [0.15, 0.2) is 0 Å². The van der Waals surface area contributed by atoms with Crippen LogP contribution in [0.3, 0.4) is 0 Å². The van der Waals surface area contributed by atoms with Crippen LogP contribution < -0.4 is 21.3 Å². The van der Waals surface area contributed by atoms with Gasteiger partial charge >= 0.3 is 6.09 Å². The van der Waals surface area contributed by atoms with Crippen molar-refractivity contribution in [3.05, 3.63) is 35.9 Å². The third-order valence-electron chi connectivity index (χ3n) is 6.07. The standard InChI is InChI=1S/C26H40N4O6/c1-16(2)12-21(24(33)28-20(14-31)13-19-10-11-27-23(19)32)29-25(34)22(17(3)4)30-26(35)36-15-18-8-6-5-7-9-18/h5-9,16-17,19-22,31H,10-15H2,1-4H3,(H,27,32)(H,28,33)(H,29,34)(H,30,35)/t19-,20+,21-,22-/m0/s1. The molecule has 4 atom stereocenters. The number of rotatable bonds is 13. The van der Waals surface area contributed by atoms with Crippen LogP contribution in [0.5, 0.6) is 0 Å². The molecule has 2 rings (SSSR count). The molecule has 1 saturated heterocycles. The van der Waals surface area contributed by atoms with Crippen LogP contribution in [0, 0.1) is 17.8 Å². The van der Waals surface area contributed by atoms with Crippen molar-refractivity contribution < 1.29 is 29.0 Å². The molecule has 36 heavy (non-hydrogen) atoms. The topological polar surface area (TPSA) is 146 Å². The first kappa shape index (κ1) is 29.1. The second kappa shape index (κ2) is 14.4. The van der Waals surface area contributed by atoms with Gasteiger partial charge in [0.1, 0.15) is 18.7 Å². The van der Waals surface area contributed by atoms with E-state index >= 15 is 0 Å². The van der Waals surface area contributed by atoms with E-state index in [2.05, 4.69) is 21.3 Å². The van der Waals surface area contributed by atoms with Gasteiger partial charge in [0.05, 0.1) is 12.6 Å². The lowest BCUT2D eigenvalue weighted by atomic mass is 9.97. The predicted molar refractivity (Wildman–Crippen MR) is 135 cm³/mol. The zero-order chi connectivity index (χ0) is 26.7. The number of aliphatic hydroxyl groups excluding tert-OH is 1. The first-order chi connectivity index (χ1) is 17.1. The molecule has 0 bridgehead atoms. The highest BCUT2D eigenvalue weighted by Crippen LogP contribution is 2.16. The van der Waals surface area contributed by atoms with Crippen LogP contribution in [0.25, 0.3) is 0 Å². The number of carbonyl (C=O) groups is 4. The van der Waals surface area contributed by atoms with Crippen LogP contribution in [0.2, 0.25) is 0 Å². The summed E-state index contributed by atoms with van der Waals surface area (Å²) in [6.07, 6.45) is 0.607. The zero-order valence-corrected chi connectivity index (χ0v) is 21.6. The van der Waals surface area contributed by atoms with Crippen molar-refractivity contribution in [1.29, 1.82) is 0 Å². The van der Waals surface area contributed by atoms with E-state index < -0.39 is 36.0 Å². The predicted octanol–water partition coefficient (Wildman–Crippen LogP) is 1.47. The Balaban J connectivity index is 1.99. The molecule has 1 aromatic rings. The smallest absolute Gasteiger partial charge is 0.408 e. The van der Waals surface area contributed by atoms with Gasteiger partial charge in [-0.1, -0.05) is 58.0 Å². The number of ether oxygens (including phenoxy) is 1. The number of aliphatic hydroxyl groups is 1. The maximum Gasteiger partial charge on any atom is 0.408 e. The summed E-state index contributed by atoms with van der Waals surface area (Å²) in [5.41, 5.74) is 0.820. The van der Waals surface area contributed by atoms with Crippen LogP contribution in [-0.2, 0) is 25.7 Å². The molecule has 0 spiro atoms. The Labute approximate surface area is 212 Å². The molecule has 4 amide bonds.